The lowest BCUT2D eigenvalue weighted by Gasteiger charge is -2.13. The van der Waals surface area contributed by atoms with Gasteiger partial charge in [0.05, 0.1) is 18.2 Å². The minimum Gasteiger partial charge on any atom is -0.480 e. The van der Waals surface area contributed by atoms with Gasteiger partial charge < -0.3 is 19.9 Å². The lowest BCUT2D eigenvalue weighted by atomic mass is 10.2. The molecule has 0 saturated carbocycles. The Morgan fingerprint density at radius 2 is 2.00 bits per heavy atom. The molecule has 1 aromatic rings. The summed E-state index contributed by atoms with van der Waals surface area (Å²) in [6.07, 6.45) is 0. The van der Waals surface area contributed by atoms with Gasteiger partial charge in [0.25, 0.3) is 5.95 Å². The molecule has 0 saturated heterocycles. The number of esters is 1. The third-order valence-corrected chi connectivity index (χ3v) is 2.97. The normalized spacial score (nSPS) is 11.5. The first kappa shape index (κ1) is 18.2. The van der Waals surface area contributed by atoms with Gasteiger partial charge in [-0.1, -0.05) is 23.8 Å². The summed E-state index contributed by atoms with van der Waals surface area (Å²) < 4.78 is 22.8. The summed E-state index contributed by atoms with van der Waals surface area (Å²) in [4.78, 5) is 11.7. The fourth-order valence-electron chi connectivity index (χ4n) is 1.46. The SMILES string of the molecule is CCOC(=O)/C(C(=S)Nc1ccc(F)c(Cl)c1)=C(/O)OCC. The van der Waals surface area contributed by atoms with E-state index in [1.807, 2.05) is 0 Å². The monoisotopic (exact) mass is 347 g/mol. The summed E-state index contributed by atoms with van der Waals surface area (Å²) in [5, 5.41) is 12.4. The number of carbonyl (C=O) groups excluding carboxylic acids is 1. The van der Waals surface area contributed by atoms with E-state index < -0.39 is 17.7 Å². The number of nitrogens with one attached hydrogen (secondary N) is 1. The lowest BCUT2D eigenvalue weighted by Crippen LogP contribution is -2.23. The second-order valence-corrected chi connectivity index (χ2v) is 4.73. The molecule has 8 heteroatoms. The first-order valence-corrected chi connectivity index (χ1v) is 7.18. The third-order valence-electron chi connectivity index (χ3n) is 2.38. The molecule has 120 valence electrons. The number of halogens is 2. The second kappa shape index (κ2) is 8.55. The van der Waals surface area contributed by atoms with E-state index in [0.717, 1.165) is 6.07 Å². The molecule has 0 aliphatic rings. The van der Waals surface area contributed by atoms with E-state index in [9.17, 15) is 14.3 Å². The number of anilines is 1. The Kier molecular flexibility index (Phi) is 7.07. The van der Waals surface area contributed by atoms with Gasteiger partial charge in [-0.25, -0.2) is 9.18 Å². The van der Waals surface area contributed by atoms with Crippen molar-refractivity contribution in [2.45, 2.75) is 13.8 Å². The number of aliphatic hydroxyl groups is 1. The zero-order valence-corrected chi connectivity index (χ0v) is 13.6. The maximum Gasteiger partial charge on any atom is 0.348 e. The number of benzene rings is 1. The highest BCUT2D eigenvalue weighted by Crippen LogP contribution is 2.20. The van der Waals surface area contributed by atoms with Crippen LogP contribution >= 0.6 is 23.8 Å². The van der Waals surface area contributed by atoms with Crippen LogP contribution in [-0.2, 0) is 14.3 Å². The molecule has 0 bridgehead atoms. The molecule has 0 radical (unpaired) electrons. The first-order chi connectivity index (χ1) is 10.4. The molecule has 0 atom stereocenters. The quantitative estimate of drug-likeness (QED) is 0.355. The summed E-state index contributed by atoms with van der Waals surface area (Å²) in [7, 11) is 0. The smallest absolute Gasteiger partial charge is 0.348 e. The van der Waals surface area contributed by atoms with Crippen molar-refractivity contribution in [3.63, 3.8) is 0 Å². The van der Waals surface area contributed by atoms with Crippen molar-refractivity contribution < 1.29 is 23.8 Å². The zero-order chi connectivity index (χ0) is 16.7. The summed E-state index contributed by atoms with van der Waals surface area (Å²) in [5.74, 6) is -2.07. The lowest BCUT2D eigenvalue weighted by molar-refractivity contribution is -0.138. The number of hydrogen-bond donors (Lipinski definition) is 2. The van der Waals surface area contributed by atoms with Gasteiger partial charge in [0.2, 0.25) is 0 Å². The van der Waals surface area contributed by atoms with Crippen molar-refractivity contribution in [2.24, 2.45) is 0 Å². The zero-order valence-electron chi connectivity index (χ0n) is 12.0. The van der Waals surface area contributed by atoms with E-state index in [4.69, 9.17) is 33.3 Å². The second-order valence-electron chi connectivity index (χ2n) is 3.92. The largest absolute Gasteiger partial charge is 0.480 e. The van der Waals surface area contributed by atoms with Crippen molar-refractivity contribution in [2.75, 3.05) is 18.5 Å². The summed E-state index contributed by atoms with van der Waals surface area (Å²) in [5.41, 5.74) is 0.0293. The Morgan fingerprint density at radius 1 is 1.36 bits per heavy atom. The highest BCUT2D eigenvalue weighted by Gasteiger charge is 2.23. The molecule has 0 aliphatic carbocycles. The van der Waals surface area contributed by atoms with Gasteiger partial charge in [0, 0.05) is 5.69 Å². The number of ether oxygens (including phenoxy) is 2. The summed E-state index contributed by atoms with van der Waals surface area (Å²) in [6.45, 7) is 3.49. The molecule has 1 aromatic carbocycles. The van der Waals surface area contributed by atoms with Crippen LogP contribution in [0, 0.1) is 5.82 Å². The summed E-state index contributed by atoms with van der Waals surface area (Å²) >= 11 is 10.7. The van der Waals surface area contributed by atoms with E-state index >= 15 is 0 Å². The summed E-state index contributed by atoms with van der Waals surface area (Å²) in [6, 6.07) is 3.82. The van der Waals surface area contributed by atoms with Gasteiger partial charge >= 0.3 is 5.97 Å². The molecule has 0 aliphatic heterocycles. The van der Waals surface area contributed by atoms with Crippen molar-refractivity contribution in [3.05, 3.63) is 40.6 Å². The third kappa shape index (κ3) is 4.85. The van der Waals surface area contributed by atoms with Crippen LogP contribution in [0.2, 0.25) is 5.02 Å². The molecule has 0 aromatic heterocycles. The number of hydrogen-bond acceptors (Lipinski definition) is 5. The van der Waals surface area contributed by atoms with Crippen molar-refractivity contribution >= 4 is 40.5 Å². The molecule has 0 amide bonds. The van der Waals surface area contributed by atoms with Crippen LogP contribution in [0.25, 0.3) is 0 Å². The van der Waals surface area contributed by atoms with Gasteiger partial charge in [0.15, 0.2) is 5.57 Å². The molecule has 0 heterocycles. The maximum atomic E-state index is 13.1. The van der Waals surface area contributed by atoms with E-state index in [-0.39, 0.29) is 28.8 Å². The fraction of sp³-hybridized carbons (Fsp3) is 0.286. The van der Waals surface area contributed by atoms with E-state index in [1.54, 1.807) is 13.8 Å². The van der Waals surface area contributed by atoms with E-state index in [0.29, 0.717) is 5.69 Å². The van der Waals surface area contributed by atoms with Gasteiger partial charge in [-0.15, -0.1) is 0 Å². The number of aliphatic hydroxyl groups excluding tert-OH is 1. The van der Waals surface area contributed by atoms with Crippen LogP contribution in [0.5, 0.6) is 0 Å². The first-order valence-electron chi connectivity index (χ1n) is 6.40. The van der Waals surface area contributed by atoms with Crippen LogP contribution in [-0.4, -0.2) is 29.3 Å². The molecule has 2 N–H and O–H groups in total. The van der Waals surface area contributed by atoms with Crippen LogP contribution in [0.15, 0.2) is 29.7 Å². The average Bonchev–Trinajstić information content (AvgIpc) is 2.43. The van der Waals surface area contributed by atoms with Gasteiger partial charge in [0.1, 0.15) is 10.8 Å². The standard InChI is InChI=1S/C14H15ClFNO4S/c1-3-20-13(18)11(14(19)21-4-2)12(22)17-8-5-6-10(16)9(15)7-8/h5-7,18H,3-4H2,1-2H3,(H,17,22)/b13-11-. The molecule has 22 heavy (non-hydrogen) atoms. The molecule has 0 fully saturated rings. The minimum absolute atomic E-state index is 0.104. The van der Waals surface area contributed by atoms with Crippen molar-refractivity contribution in [1.29, 1.82) is 0 Å². The Labute approximate surface area is 137 Å². The predicted molar refractivity (Wildman–Crippen MR) is 85.5 cm³/mol. The van der Waals surface area contributed by atoms with Crippen LogP contribution in [0.4, 0.5) is 10.1 Å². The van der Waals surface area contributed by atoms with E-state index in [1.165, 1.54) is 12.1 Å². The Balaban J connectivity index is 3.04. The molecular formula is C14H15ClFNO4S. The molecule has 1 rings (SSSR count). The molecule has 5 nitrogen and oxygen atoms in total. The van der Waals surface area contributed by atoms with Crippen LogP contribution < -0.4 is 5.32 Å². The number of rotatable bonds is 6. The predicted octanol–water partition coefficient (Wildman–Crippen LogP) is 3.59. The topological polar surface area (TPSA) is 67.8 Å². The van der Waals surface area contributed by atoms with Gasteiger partial charge in [-0.3, -0.25) is 0 Å². The Morgan fingerprint density at radius 3 is 2.55 bits per heavy atom. The van der Waals surface area contributed by atoms with Crippen molar-refractivity contribution in [1.82, 2.24) is 0 Å². The van der Waals surface area contributed by atoms with E-state index in [2.05, 4.69) is 5.32 Å². The Hall–Kier alpha value is -1.86. The van der Waals surface area contributed by atoms with Crippen LogP contribution in [0.1, 0.15) is 13.8 Å². The average molecular weight is 348 g/mol. The van der Waals surface area contributed by atoms with Gasteiger partial charge in [-0.05, 0) is 32.0 Å². The van der Waals surface area contributed by atoms with Crippen LogP contribution in [0.3, 0.4) is 0 Å². The number of carbonyl (C=O) groups is 1. The molecule has 0 spiro atoms. The fourth-order valence-corrected chi connectivity index (χ4v) is 1.93. The highest BCUT2D eigenvalue weighted by molar-refractivity contribution is 7.81. The minimum atomic E-state index is -0.834. The number of thiocarbonyl (C=S) groups is 1. The Bertz CT molecular complexity index is 607. The molecular weight excluding hydrogens is 333 g/mol. The maximum absolute atomic E-state index is 13.1. The molecule has 0 unspecified atom stereocenters. The van der Waals surface area contributed by atoms with Gasteiger partial charge in [-0.2, -0.15) is 0 Å². The van der Waals surface area contributed by atoms with Crippen molar-refractivity contribution in [3.8, 4) is 0 Å². The highest BCUT2D eigenvalue weighted by atomic mass is 35.5.